The van der Waals surface area contributed by atoms with Crippen molar-refractivity contribution in [2.45, 2.75) is 37.8 Å². The topological polar surface area (TPSA) is 75.6 Å². The molecule has 0 aromatic heterocycles. The summed E-state index contributed by atoms with van der Waals surface area (Å²) in [6.45, 7) is 2.63. The summed E-state index contributed by atoms with van der Waals surface area (Å²) < 4.78 is 27.8. The van der Waals surface area contributed by atoms with Gasteiger partial charge in [0.1, 0.15) is 0 Å². The molecule has 0 spiro atoms. The molecule has 0 radical (unpaired) electrons. The normalized spacial score (nSPS) is 27.6. The molecular weight excluding hydrogens is 242 g/mol. The SMILES string of the molecule is COCCC(C)(O)CNC1CCCS(=O)(=O)C1. The van der Waals surface area contributed by atoms with Crippen LogP contribution in [0.3, 0.4) is 0 Å². The van der Waals surface area contributed by atoms with E-state index in [1.807, 2.05) is 0 Å². The van der Waals surface area contributed by atoms with Gasteiger partial charge in [0, 0.05) is 32.7 Å². The molecule has 0 aliphatic carbocycles. The van der Waals surface area contributed by atoms with Gasteiger partial charge in [0.15, 0.2) is 9.84 Å². The largest absolute Gasteiger partial charge is 0.389 e. The van der Waals surface area contributed by atoms with Gasteiger partial charge in [-0.1, -0.05) is 0 Å². The molecule has 2 atom stereocenters. The van der Waals surface area contributed by atoms with Gasteiger partial charge in [-0.05, 0) is 19.8 Å². The van der Waals surface area contributed by atoms with Crippen molar-refractivity contribution in [3.8, 4) is 0 Å². The predicted molar refractivity (Wildman–Crippen MR) is 66.8 cm³/mol. The number of sulfone groups is 1. The quantitative estimate of drug-likeness (QED) is 0.704. The van der Waals surface area contributed by atoms with Gasteiger partial charge in [0.2, 0.25) is 0 Å². The fraction of sp³-hybridized carbons (Fsp3) is 1.00. The smallest absolute Gasteiger partial charge is 0.151 e. The van der Waals surface area contributed by atoms with Crippen molar-refractivity contribution >= 4 is 9.84 Å². The van der Waals surface area contributed by atoms with E-state index in [0.717, 1.165) is 6.42 Å². The molecule has 1 heterocycles. The van der Waals surface area contributed by atoms with Crippen molar-refractivity contribution in [2.24, 2.45) is 0 Å². The minimum atomic E-state index is -2.89. The molecule has 0 amide bonds. The second kappa shape index (κ2) is 6.13. The fourth-order valence-corrected chi connectivity index (χ4v) is 3.63. The van der Waals surface area contributed by atoms with E-state index in [1.165, 1.54) is 0 Å². The lowest BCUT2D eigenvalue weighted by atomic mass is 10.0. The highest BCUT2D eigenvalue weighted by molar-refractivity contribution is 7.91. The van der Waals surface area contributed by atoms with Crippen molar-refractivity contribution < 1.29 is 18.3 Å². The van der Waals surface area contributed by atoms with E-state index in [4.69, 9.17) is 4.74 Å². The summed E-state index contributed by atoms with van der Waals surface area (Å²) in [6.07, 6.45) is 2.11. The van der Waals surface area contributed by atoms with E-state index in [2.05, 4.69) is 5.32 Å². The first-order valence-corrected chi connectivity index (χ1v) is 7.82. The van der Waals surface area contributed by atoms with Crippen LogP contribution in [0.25, 0.3) is 0 Å². The van der Waals surface area contributed by atoms with Crippen LogP contribution in [0.15, 0.2) is 0 Å². The van der Waals surface area contributed by atoms with E-state index in [9.17, 15) is 13.5 Å². The summed E-state index contributed by atoms with van der Waals surface area (Å²) in [7, 11) is -1.29. The van der Waals surface area contributed by atoms with Crippen LogP contribution in [-0.2, 0) is 14.6 Å². The zero-order valence-corrected chi connectivity index (χ0v) is 11.4. The van der Waals surface area contributed by atoms with Crippen LogP contribution >= 0.6 is 0 Å². The first kappa shape index (κ1) is 14.9. The minimum absolute atomic E-state index is 0.0252. The third-order valence-corrected chi connectivity index (χ3v) is 4.90. The zero-order valence-electron chi connectivity index (χ0n) is 10.6. The predicted octanol–water partition coefficient (Wildman–Crippen LogP) is -0.0593. The van der Waals surface area contributed by atoms with Gasteiger partial charge in [-0.3, -0.25) is 0 Å². The Balaban J connectivity index is 2.34. The highest BCUT2D eigenvalue weighted by atomic mass is 32.2. The summed E-state index contributed by atoms with van der Waals surface area (Å²) >= 11 is 0. The lowest BCUT2D eigenvalue weighted by molar-refractivity contribution is 0.0229. The van der Waals surface area contributed by atoms with Gasteiger partial charge in [-0.15, -0.1) is 0 Å². The van der Waals surface area contributed by atoms with Crippen LogP contribution in [0.2, 0.25) is 0 Å². The first-order valence-electron chi connectivity index (χ1n) is 6.00. The molecule has 1 saturated heterocycles. The Labute approximate surface area is 103 Å². The Kier molecular flexibility index (Phi) is 5.37. The van der Waals surface area contributed by atoms with Crippen molar-refractivity contribution in [1.82, 2.24) is 5.32 Å². The molecule has 5 nitrogen and oxygen atoms in total. The van der Waals surface area contributed by atoms with Crippen molar-refractivity contribution in [3.05, 3.63) is 0 Å². The summed E-state index contributed by atoms with van der Waals surface area (Å²) in [6, 6.07) is -0.0252. The zero-order chi connectivity index (χ0) is 12.9. The van der Waals surface area contributed by atoms with Crippen molar-refractivity contribution in [3.63, 3.8) is 0 Å². The molecule has 1 aliphatic rings. The van der Waals surface area contributed by atoms with Gasteiger partial charge in [0.25, 0.3) is 0 Å². The maximum absolute atomic E-state index is 11.4. The maximum Gasteiger partial charge on any atom is 0.151 e. The van der Waals surface area contributed by atoms with E-state index in [1.54, 1.807) is 14.0 Å². The first-order chi connectivity index (χ1) is 7.85. The standard InChI is InChI=1S/C11H23NO4S/c1-11(13,5-6-16-2)9-12-10-4-3-7-17(14,15)8-10/h10,12-13H,3-9H2,1-2H3. The van der Waals surface area contributed by atoms with Crippen LogP contribution in [0, 0.1) is 0 Å². The number of hydrogen-bond acceptors (Lipinski definition) is 5. The molecule has 2 unspecified atom stereocenters. The number of methoxy groups -OCH3 is 1. The molecule has 0 aromatic rings. The fourth-order valence-electron chi connectivity index (χ4n) is 1.96. The van der Waals surface area contributed by atoms with Crippen LogP contribution < -0.4 is 5.32 Å². The Morgan fingerprint density at radius 2 is 2.24 bits per heavy atom. The van der Waals surface area contributed by atoms with E-state index >= 15 is 0 Å². The Morgan fingerprint density at radius 3 is 2.82 bits per heavy atom. The van der Waals surface area contributed by atoms with Gasteiger partial charge in [-0.25, -0.2) is 8.42 Å². The van der Waals surface area contributed by atoms with E-state index in [0.29, 0.717) is 31.7 Å². The maximum atomic E-state index is 11.4. The second-order valence-electron chi connectivity index (χ2n) is 5.07. The Hall–Kier alpha value is -0.170. The van der Waals surface area contributed by atoms with Crippen molar-refractivity contribution in [1.29, 1.82) is 0 Å². The van der Waals surface area contributed by atoms with E-state index < -0.39 is 15.4 Å². The molecular formula is C11H23NO4S. The molecule has 0 bridgehead atoms. The highest BCUT2D eigenvalue weighted by Gasteiger charge is 2.27. The molecule has 2 N–H and O–H groups in total. The van der Waals surface area contributed by atoms with Crippen LogP contribution in [0.1, 0.15) is 26.2 Å². The Morgan fingerprint density at radius 1 is 1.53 bits per heavy atom. The molecule has 6 heteroatoms. The monoisotopic (exact) mass is 265 g/mol. The summed E-state index contributed by atoms with van der Waals surface area (Å²) in [5, 5.41) is 13.2. The molecule has 0 aromatic carbocycles. The molecule has 0 saturated carbocycles. The molecule has 17 heavy (non-hydrogen) atoms. The third kappa shape index (κ3) is 5.81. The number of ether oxygens (including phenoxy) is 1. The van der Waals surface area contributed by atoms with Gasteiger partial charge >= 0.3 is 0 Å². The number of aliphatic hydroxyl groups is 1. The number of nitrogens with one attached hydrogen (secondary N) is 1. The van der Waals surface area contributed by atoms with Crippen molar-refractivity contribution in [2.75, 3.05) is 31.8 Å². The van der Waals surface area contributed by atoms with Crippen LogP contribution in [0.4, 0.5) is 0 Å². The minimum Gasteiger partial charge on any atom is -0.389 e. The Bertz CT molecular complexity index is 326. The van der Waals surface area contributed by atoms with Gasteiger partial charge < -0.3 is 15.2 Å². The number of rotatable bonds is 6. The van der Waals surface area contributed by atoms with Crippen LogP contribution in [-0.4, -0.2) is 56.9 Å². The third-order valence-electron chi connectivity index (χ3n) is 3.08. The molecule has 1 fully saturated rings. The lowest BCUT2D eigenvalue weighted by Crippen LogP contribution is -2.47. The van der Waals surface area contributed by atoms with Gasteiger partial charge in [-0.2, -0.15) is 0 Å². The molecule has 102 valence electrons. The average molecular weight is 265 g/mol. The second-order valence-corrected chi connectivity index (χ2v) is 7.30. The van der Waals surface area contributed by atoms with E-state index in [-0.39, 0.29) is 11.8 Å². The van der Waals surface area contributed by atoms with Gasteiger partial charge in [0.05, 0.1) is 17.1 Å². The molecule has 1 aliphatic heterocycles. The summed E-state index contributed by atoms with van der Waals surface area (Å²) in [5.74, 6) is 0.485. The summed E-state index contributed by atoms with van der Waals surface area (Å²) in [4.78, 5) is 0. The highest BCUT2D eigenvalue weighted by Crippen LogP contribution is 2.14. The van der Waals surface area contributed by atoms with Crippen LogP contribution in [0.5, 0.6) is 0 Å². The molecule has 1 rings (SSSR count). The summed E-state index contributed by atoms with van der Waals surface area (Å²) in [5.41, 5.74) is -0.850. The average Bonchev–Trinajstić information content (AvgIpc) is 2.23. The lowest BCUT2D eigenvalue weighted by Gasteiger charge is -2.29. The number of hydrogen-bond donors (Lipinski definition) is 2.